The molecule has 1 unspecified atom stereocenters. The lowest BCUT2D eigenvalue weighted by Crippen LogP contribution is -2.50. The van der Waals surface area contributed by atoms with Gasteiger partial charge in [-0.3, -0.25) is 62.2 Å². The van der Waals surface area contributed by atoms with E-state index in [1.807, 2.05) is 18.3 Å². The number of anilines is 2. The van der Waals surface area contributed by atoms with Gasteiger partial charge in [-0.2, -0.15) is 0 Å². The van der Waals surface area contributed by atoms with Crippen molar-refractivity contribution in [3.8, 4) is 22.6 Å². The summed E-state index contributed by atoms with van der Waals surface area (Å²) < 4.78 is 33.0. The topological polar surface area (TPSA) is 390 Å². The number of aryl methyl sites for hydroxylation is 2. The van der Waals surface area contributed by atoms with E-state index in [9.17, 15) is 72.5 Å². The van der Waals surface area contributed by atoms with E-state index in [-0.39, 0.29) is 180 Å². The number of aromatic nitrogens is 4. The molecule has 6 atom stereocenters. The molecule has 0 bridgehead atoms. The first-order chi connectivity index (χ1) is 53.0. The molecule has 6 heterocycles. The summed E-state index contributed by atoms with van der Waals surface area (Å²) in [5.74, 6) is -8.14. The van der Waals surface area contributed by atoms with Crippen molar-refractivity contribution in [2.75, 3.05) is 56.9 Å². The monoisotopic (exact) mass is 1530 g/mol. The third-order valence-corrected chi connectivity index (χ3v) is 19.9. The predicted molar refractivity (Wildman–Crippen MR) is 402 cm³/mol. The Bertz CT molecular complexity index is 4740. The van der Waals surface area contributed by atoms with Crippen LogP contribution in [0.1, 0.15) is 150 Å². The van der Waals surface area contributed by atoms with E-state index < -0.39 is 95.5 Å². The minimum absolute atomic E-state index is 0.00510. The number of ether oxygens (including phenoxy) is 5. The number of Topliss-reactive ketones (excluding diaryl/α,β-unsaturated/α-hetero) is 4. The number of aliphatic hydroxyl groups is 1. The van der Waals surface area contributed by atoms with E-state index in [0.717, 1.165) is 20.9 Å². The molecular formula is C81H91N9O21. The summed E-state index contributed by atoms with van der Waals surface area (Å²) in [6, 6.07) is 21.4. The molecule has 3 aromatic heterocycles. The van der Waals surface area contributed by atoms with E-state index in [4.69, 9.17) is 28.8 Å². The number of carbonyl (C=O) groups excluding carboxylic acids is 11. The number of fused-ring (bicyclic) bond motifs is 3. The first-order valence-electron chi connectivity index (χ1n) is 36.6. The van der Waals surface area contributed by atoms with Gasteiger partial charge in [-0.1, -0.05) is 81.5 Å². The lowest BCUT2D eigenvalue weighted by molar-refractivity contribution is -0.148. The minimum atomic E-state index is -1.62. The van der Waals surface area contributed by atoms with Gasteiger partial charge >= 0.3 is 18.0 Å². The number of methoxy groups -OCH3 is 1. The molecular weight excluding hydrogens is 1430 g/mol. The molecule has 2 fully saturated rings. The second kappa shape index (κ2) is 36.6. The first-order valence-corrected chi connectivity index (χ1v) is 36.6. The number of aromatic carboxylic acids is 1. The van der Waals surface area contributed by atoms with Crippen LogP contribution in [0.15, 0.2) is 122 Å². The molecule has 0 aliphatic carbocycles. The Balaban J connectivity index is 0.701. The number of nitrogens with one attached hydrogen (secondary N) is 2. The minimum Gasteiger partial charge on any atom is -0.493 e. The Morgan fingerprint density at radius 1 is 0.721 bits per heavy atom. The van der Waals surface area contributed by atoms with Gasteiger partial charge in [-0.25, -0.2) is 19.5 Å². The van der Waals surface area contributed by atoms with Crippen LogP contribution in [0.4, 0.5) is 16.3 Å². The van der Waals surface area contributed by atoms with Gasteiger partial charge in [0.25, 0.3) is 11.8 Å². The molecule has 3 aliphatic heterocycles. The molecule has 7 aromatic rings. The Kier molecular flexibility index (Phi) is 27.0. The van der Waals surface area contributed by atoms with Crippen LogP contribution in [-0.4, -0.2) is 191 Å². The van der Waals surface area contributed by atoms with Gasteiger partial charge in [0.2, 0.25) is 29.4 Å². The molecule has 586 valence electrons. The molecule has 30 nitrogen and oxygen atoms in total. The molecule has 0 saturated carbocycles. The van der Waals surface area contributed by atoms with Crippen molar-refractivity contribution in [1.82, 2.24) is 33.8 Å². The third-order valence-electron chi connectivity index (χ3n) is 19.9. The number of nitrogens with zero attached hydrogens (tertiary/aromatic N) is 7. The Hall–Kier alpha value is -11.8. The number of aliphatic hydroxyl groups excluding tert-OH is 1. The van der Waals surface area contributed by atoms with E-state index in [1.54, 1.807) is 100 Å². The van der Waals surface area contributed by atoms with Crippen LogP contribution in [-0.2, 0) is 86.1 Å². The predicted octanol–water partition coefficient (Wildman–Crippen LogP) is 8.49. The fraction of sp³-hybridized carbons (Fsp3) is 0.407. The zero-order valence-corrected chi connectivity index (χ0v) is 62.9. The average molecular weight is 1530 g/mol. The smallest absolute Gasteiger partial charge is 0.416 e. The van der Waals surface area contributed by atoms with Crippen molar-refractivity contribution in [2.45, 2.75) is 136 Å². The number of benzene rings is 4. The molecule has 2 saturated heterocycles. The largest absolute Gasteiger partial charge is 0.493 e. The summed E-state index contributed by atoms with van der Waals surface area (Å²) in [5.41, 5.74) is 4.96. The Morgan fingerprint density at radius 3 is 2.10 bits per heavy atom. The van der Waals surface area contributed by atoms with E-state index in [1.165, 1.54) is 58.5 Å². The fourth-order valence-electron chi connectivity index (χ4n) is 13.7. The molecule has 3 aliphatic rings. The van der Waals surface area contributed by atoms with Crippen molar-refractivity contribution in [1.29, 1.82) is 0 Å². The van der Waals surface area contributed by atoms with Crippen molar-refractivity contribution in [2.24, 2.45) is 31.8 Å². The normalized spacial score (nSPS) is 16.3. The van der Waals surface area contributed by atoms with Gasteiger partial charge in [0.15, 0.2) is 40.9 Å². The number of likely N-dealkylation sites (tertiary alicyclic amines) is 1. The second-order valence-electron chi connectivity index (χ2n) is 28.4. The maximum absolute atomic E-state index is 14.4. The average Bonchev–Trinajstić information content (AvgIpc) is 1.61. The van der Waals surface area contributed by atoms with Crippen molar-refractivity contribution >= 4 is 99.0 Å². The molecule has 0 spiro atoms. The second-order valence-corrected chi connectivity index (χ2v) is 28.4. The number of carboxylic acid groups (broad SMARTS) is 2. The number of imide groups is 1. The van der Waals surface area contributed by atoms with Gasteiger partial charge in [0, 0.05) is 120 Å². The fourth-order valence-corrected chi connectivity index (χ4v) is 13.7. The zero-order valence-electron chi connectivity index (χ0n) is 62.9. The molecule has 10 rings (SSSR count). The summed E-state index contributed by atoms with van der Waals surface area (Å²) in [6.07, 6.45) is 1.98. The van der Waals surface area contributed by atoms with Gasteiger partial charge in [-0.05, 0) is 97.2 Å². The molecule has 0 radical (unpaired) electrons. The molecule has 6 amide bonds. The number of amides is 6. The van der Waals surface area contributed by atoms with Crippen LogP contribution in [0, 0.1) is 17.8 Å². The van der Waals surface area contributed by atoms with E-state index in [2.05, 4.69) is 22.2 Å². The number of hydrogen-bond acceptors (Lipinski definition) is 20. The SMILES string of the molecule is C=C1C[C@H]2[C@H](O)N(C(=O)OCc3ccc(CC(=O)[C@H](C)NC(=O)[C@@H](CC(=O)[C@H](CCC(=O)CCCOCCOCCC(=O)O)N4C(=O)CC(C)C4=O)C(C)C)cc3)c3cc(OCCCC(=O)Nc4cn(C)c(C(=O)Cc5ccc(-c6cc(C(=O)n7ccc8cc(C(=O)O)ccc87)n(C)c6)cc5)n4)c(OC)cc3C(=O)N2C1. The highest BCUT2D eigenvalue weighted by Gasteiger charge is 2.47. The van der Waals surface area contributed by atoms with Crippen molar-refractivity contribution in [3.63, 3.8) is 0 Å². The van der Waals surface area contributed by atoms with Gasteiger partial charge < -0.3 is 63.7 Å². The van der Waals surface area contributed by atoms with Gasteiger partial charge in [0.05, 0.1) is 80.4 Å². The van der Waals surface area contributed by atoms with Gasteiger partial charge in [-0.15, -0.1) is 0 Å². The summed E-state index contributed by atoms with van der Waals surface area (Å²) in [7, 11) is 4.75. The van der Waals surface area contributed by atoms with E-state index in [0.29, 0.717) is 45.3 Å². The van der Waals surface area contributed by atoms with E-state index >= 15 is 0 Å². The number of carbonyl (C=O) groups is 13. The number of carboxylic acids is 2. The molecule has 4 aromatic carbocycles. The Morgan fingerprint density at radius 2 is 1.41 bits per heavy atom. The summed E-state index contributed by atoms with van der Waals surface area (Å²) in [5, 5.41) is 36.3. The maximum Gasteiger partial charge on any atom is 0.416 e. The number of imidazole rings is 1. The van der Waals surface area contributed by atoms with Crippen molar-refractivity contribution < 1.29 is 101 Å². The molecule has 5 N–H and O–H groups in total. The number of aliphatic carboxylic acids is 1. The zero-order chi connectivity index (χ0) is 80.1. The molecule has 30 heteroatoms. The number of rotatable bonds is 38. The maximum atomic E-state index is 14.4. The van der Waals surface area contributed by atoms with Crippen LogP contribution in [0.5, 0.6) is 11.5 Å². The van der Waals surface area contributed by atoms with Crippen LogP contribution < -0.4 is 25.0 Å². The standard InChI is InChI=1S/C81H91N9O21/c1-46(2)58(39-66(93)61(89-72(96)34-48(4)76(89)100)24-22-57(91)11-9-28-108-31-32-109-30-26-73(97)98)75(99)82-49(5)65(92)35-50-13-15-52(16-14-50)45-111-81(106)90-62-41-69(68(107-8)40-59(62)77(101)88-42-47(3)33-64(88)79(90)103)110-29-10-12-71(95)83-70-44-86(7)74(84-70)67(94)36-51-17-19-53(20-18-51)56-38-63(85(6)43-56)78(102)87-27-25-54-37-55(80(104)105)21-23-60(54)87/h13-21,23,25,27,37-38,40-41,43-44,46,48-49,58,61,64,79,103H,3,9-12,22,24,26,28-36,39,42,45H2,1-2,4-8H3,(H,82,99)(H,83,95)(H,97,98)(H,104,105)/t48?,49-,58-,61-,64-,79-/m0/s1. The quantitative estimate of drug-likeness (QED) is 0.0105. The van der Waals surface area contributed by atoms with Gasteiger partial charge in [0.1, 0.15) is 18.1 Å². The third kappa shape index (κ3) is 20.0. The molecule has 111 heavy (non-hydrogen) atoms. The highest BCUT2D eigenvalue weighted by molar-refractivity contribution is 6.09. The number of hydrogen-bond donors (Lipinski definition) is 5. The van der Waals surface area contributed by atoms with Crippen LogP contribution in [0.25, 0.3) is 22.0 Å². The number of ketones is 4. The Labute approximate surface area is 639 Å². The summed E-state index contributed by atoms with van der Waals surface area (Å²) >= 11 is 0. The van der Waals surface area contributed by atoms with Crippen LogP contribution in [0.2, 0.25) is 0 Å². The van der Waals surface area contributed by atoms with Crippen LogP contribution in [0.3, 0.4) is 0 Å². The van der Waals surface area contributed by atoms with Crippen LogP contribution >= 0.6 is 0 Å². The lowest BCUT2D eigenvalue weighted by atomic mass is 9.86. The summed E-state index contributed by atoms with van der Waals surface area (Å²) in [6.45, 7) is 10.9. The lowest BCUT2D eigenvalue weighted by Gasteiger charge is -2.31. The first kappa shape index (κ1) is 81.8. The summed E-state index contributed by atoms with van der Waals surface area (Å²) in [4.78, 5) is 181. The van der Waals surface area contributed by atoms with Crippen molar-refractivity contribution in [3.05, 3.63) is 161 Å². The highest BCUT2D eigenvalue weighted by atomic mass is 16.6. The highest BCUT2D eigenvalue weighted by Crippen LogP contribution is 2.42.